The maximum atomic E-state index is 12.2. The van der Waals surface area contributed by atoms with E-state index in [-0.39, 0.29) is 0 Å². The van der Waals surface area contributed by atoms with Crippen molar-refractivity contribution in [2.45, 2.75) is 18.1 Å². The molecule has 0 saturated heterocycles. The van der Waals surface area contributed by atoms with Gasteiger partial charge < -0.3 is 10.5 Å². The molecular weight excluding hydrogens is 187 g/mol. The molecule has 13 heavy (non-hydrogen) atoms. The Bertz CT molecular complexity index is 243. The summed E-state index contributed by atoms with van der Waals surface area (Å²) in [5, 5.41) is 0. The van der Waals surface area contributed by atoms with Gasteiger partial charge in [-0.3, -0.25) is 0 Å². The van der Waals surface area contributed by atoms with Crippen molar-refractivity contribution >= 4 is 5.97 Å². The van der Waals surface area contributed by atoms with Gasteiger partial charge in [-0.2, -0.15) is 13.2 Å². The fourth-order valence-corrected chi connectivity index (χ4v) is 0.631. The number of hydrogen-bond donors (Lipinski definition) is 1. The summed E-state index contributed by atoms with van der Waals surface area (Å²) in [5.74, 6) is 0.0990. The van der Waals surface area contributed by atoms with E-state index in [0.717, 1.165) is 7.11 Å². The zero-order valence-corrected chi connectivity index (χ0v) is 6.81. The summed E-state index contributed by atoms with van der Waals surface area (Å²) in [5.41, 5.74) is 1.70. The summed E-state index contributed by atoms with van der Waals surface area (Å²) in [6, 6.07) is 0. The molecule has 0 amide bonds. The van der Waals surface area contributed by atoms with E-state index in [4.69, 9.17) is 5.73 Å². The van der Waals surface area contributed by atoms with Gasteiger partial charge >= 0.3 is 12.1 Å². The van der Waals surface area contributed by atoms with Crippen LogP contribution in [0.5, 0.6) is 0 Å². The highest BCUT2D eigenvalue weighted by Gasteiger charge is 2.58. The highest BCUT2D eigenvalue weighted by atomic mass is 19.4. The van der Waals surface area contributed by atoms with Gasteiger partial charge in [0.25, 0.3) is 0 Å². The van der Waals surface area contributed by atoms with Crippen LogP contribution >= 0.6 is 0 Å². The number of alkyl halides is 3. The van der Waals surface area contributed by atoms with Crippen LogP contribution in [0, 0.1) is 12.3 Å². The van der Waals surface area contributed by atoms with E-state index in [1.807, 2.05) is 0 Å². The summed E-state index contributed by atoms with van der Waals surface area (Å²) in [7, 11) is 0.812. The van der Waals surface area contributed by atoms with Gasteiger partial charge in [0, 0.05) is 6.42 Å². The monoisotopic (exact) mass is 195 g/mol. The van der Waals surface area contributed by atoms with Crippen LogP contribution in [0.3, 0.4) is 0 Å². The van der Waals surface area contributed by atoms with Crippen LogP contribution in [0.25, 0.3) is 0 Å². The van der Waals surface area contributed by atoms with Crippen molar-refractivity contribution < 1.29 is 22.7 Å². The summed E-state index contributed by atoms with van der Waals surface area (Å²) in [6.45, 7) is 0. The molecule has 3 nitrogen and oxygen atoms in total. The van der Waals surface area contributed by atoms with Crippen LogP contribution in [-0.4, -0.2) is 24.8 Å². The fourth-order valence-electron chi connectivity index (χ4n) is 0.631. The van der Waals surface area contributed by atoms with Gasteiger partial charge in [-0.05, 0) is 0 Å². The molecule has 0 fully saturated rings. The number of carbonyl (C=O) groups excluding carboxylic acids is 1. The molecule has 0 aliphatic heterocycles. The molecule has 0 aromatic carbocycles. The largest absolute Gasteiger partial charge is 0.467 e. The van der Waals surface area contributed by atoms with Crippen molar-refractivity contribution in [2.24, 2.45) is 5.73 Å². The first-order valence-corrected chi connectivity index (χ1v) is 3.17. The summed E-state index contributed by atoms with van der Waals surface area (Å²) >= 11 is 0. The van der Waals surface area contributed by atoms with Crippen molar-refractivity contribution in [3.05, 3.63) is 0 Å². The molecule has 6 heteroatoms. The lowest BCUT2D eigenvalue weighted by atomic mass is 9.96. The predicted molar refractivity (Wildman–Crippen MR) is 38.4 cm³/mol. The lowest BCUT2D eigenvalue weighted by molar-refractivity contribution is -0.202. The van der Waals surface area contributed by atoms with Crippen LogP contribution < -0.4 is 5.73 Å². The second kappa shape index (κ2) is 3.66. The van der Waals surface area contributed by atoms with E-state index in [1.165, 1.54) is 0 Å². The Morgan fingerprint density at radius 2 is 2.08 bits per heavy atom. The van der Waals surface area contributed by atoms with Crippen molar-refractivity contribution in [3.63, 3.8) is 0 Å². The maximum Gasteiger partial charge on any atom is 0.418 e. The molecule has 0 saturated carbocycles. The number of methoxy groups -OCH3 is 1. The van der Waals surface area contributed by atoms with Gasteiger partial charge in [0.15, 0.2) is 0 Å². The van der Waals surface area contributed by atoms with Gasteiger partial charge in [-0.1, -0.05) is 0 Å². The molecule has 74 valence electrons. The van der Waals surface area contributed by atoms with Gasteiger partial charge in [0.05, 0.1) is 7.11 Å². The number of hydrogen-bond acceptors (Lipinski definition) is 3. The Labute approximate surface area is 73.0 Å². The minimum atomic E-state index is -4.91. The van der Waals surface area contributed by atoms with Crippen LogP contribution in [-0.2, 0) is 9.53 Å². The average molecular weight is 195 g/mol. The smallest absolute Gasteiger partial charge is 0.418 e. The second-order valence-electron chi connectivity index (χ2n) is 2.34. The number of halogens is 3. The third-order valence-corrected chi connectivity index (χ3v) is 1.44. The van der Waals surface area contributed by atoms with E-state index in [2.05, 4.69) is 11.2 Å². The lowest BCUT2D eigenvalue weighted by Crippen LogP contribution is -2.59. The molecule has 0 aromatic rings. The van der Waals surface area contributed by atoms with Crippen molar-refractivity contribution in [1.82, 2.24) is 0 Å². The highest BCUT2D eigenvalue weighted by Crippen LogP contribution is 2.31. The molecule has 2 N–H and O–H groups in total. The van der Waals surface area contributed by atoms with Gasteiger partial charge in [-0.25, -0.2) is 4.79 Å². The van der Waals surface area contributed by atoms with Gasteiger partial charge in [0.1, 0.15) is 0 Å². The average Bonchev–Trinajstić information content (AvgIpc) is 2.01. The third kappa shape index (κ3) is 2.12. The topological polar surface area (TPSA) is 52.3 Å². The van der Waals surface area contributed by atoms with Crippen molar-refractivity contribution in [3.8, 4) is 12.3 Å². The Morgan fingerprint density at radius 1 is 1.62 bits per heavy atom. The molecule has 0 spiro atoms. The zero-order valence-electron chi connectivity index (χ0n) is 6.81. The molecule has 0 bridgehead atoms. The number of carbonyl (C=O) groups is 1. The predicted octanol–water partition coefficient (Wildman–Crippen LogP) is 0.442. The molecule has 1 unspecified atom stereocenters. The number of rotatable bonds is 2. The van der Waals surface area contributed by atoms with E-state index < -0.39 is 24.1 Å². The number of terminal acetylenes is 1. The summed E-state index contributed by atoms with van der Waals surface area (Å²) < 4.78 is 40.5. The Balaban J connectivity index is 4.97. The Hall–Kier alpha value is -1.22. The minimum Gasteiger partial charge on any atom is -0.467 e. The van der Waals surface area contributed by atoms with Crippen molar-refractivity contribution in [2.75, 3.05) is 7.11 Å². The number of esters is 1. The molecule has 0 aliphatic carbocycles. The lowest BCUT2D eigenvalue weighted by Gasteiger charge is -2.26. The number of nitrogens with two attached hydrogens (primary N) is 1. The number of ether oxygens (including phenoxy) is 1. The molecule has 0 aromatic heterocycles. The third-order valence-electron chi connectivity index (χ3n) is 1.44. The molecule has 1 atom stereocenters. The van der Waals surface area contributed by atoms with E-state index in [0.29, 0.717) is 0 Å². The minimum absolute atomic E-state index is 0.812. The SMILES string of the molecule is C#CCC(N)(C(=O)OC)C(F)(F)F. The normalized spacial score (nSPS) is 15.7. The zero-order chi connectivity index (χ0) is 10.7. The van der Waals surface area contributed by atoms with Crippen LogP contribution in [0.2, 0.25) is 0 Å². The molecule has 0 heterocycles. The van der Waals surface area contributed by atoms with Gasteiger partial charge in [-0.15, -0.1) is 12.3 Å². The molecule has 0 aliphatic rings. The molecule has 0 radical (unpaired) electrons. The first-order valence-electron chi connectivity index (χ1n) is 3.17. The Kier molecular flexibility index (Phi) is 3.32. The maximum absolute atomic E-state index is 12.2. The standard InChI is InChI=1S/C7H8F3NO2/c1-3-4-6(11,5(12)13-2)7(8,9)10/h1H,4,11H2,2H3. The quantitative estimate of drug-likeness (QED) is 0.514. The van der Waals surface area contributed by atoms with Crippen molar-refractivity contribution in [1.29, 1.82) is 0 Å². The molecule has 0 rings (SSSR count). The summed E-state index contributed by atoms with van der Waals surface area (Å²) in [4.78, 5) is 10.7. The Morgan fingerprint density at radius 3 is 2.31 bits per heavy atom. The van der Waals surface area contributed by atoms with Gasteiger partial charge in [0.2, 0.25) is 5.54 Å². The van der Waals surface area contributed by atoms with Crippen LogP contribution in [0.1, 0.15) is 6.42 Å². The highest BCUT2D eigenvalue weighted by molar-refractivity contribution is 5.82. The molecular formula is C7H8F3NO2. The van der Waals surface area contributed by atoms with Crippen LogP contribution in [0.4, 0.5) is 13.2 Å². The first kappa shape index (κ1) is 11.8. The van der Waals surface area contributed by atoms with E-state index >= 15 is 0 Å². The van der Waals surface area contributed by atoms with E-state index in [9.17, 15) is 18.0 Å². The van der Waals surface area contributed by atoms with E-state index in [1.54, 1.807) is 5.92 Å². The van der Waals surface area contributed by atoms with Crippen LogP contribution in [0.15, 0.2) is 0 Å². The first-order chi connectivity index (χ1) is 5.79. The second-order valence-corrected chi connectivity index (χ2v) is 2.34. The summed E-state index contributed by atoms with van der Waals surface area (Å²) in [6.07, 6.45) is -1.19. The fraction of sp³-hybridized carbons (Fsp3) is 0.571.